The van der Waals surface area contributed by atoms with Crippen molar-refractivity contribution >= 4 is 55.3 Å². The van der Waals surface area contributed by atoms with Crippen molar-refractivity contribution < 1.29 is 4.79 Å². The first-order chi connectivity index (χ1) is 14.7. The van der Waals surface area contributed by atoms with Gasteiger partial charge in [0.1, 0.15) is 5.82 Å². The van der Waals surface area contributed by atoms with Crippen LogP contribution in [0.4, 0.5) is 22.2 Å². The van der Waals surface area contributed by atoms with Gasteiger partial charge < -0.3 is 20.9 Å². The molecular formula is C22H30Br2N6O. The summed E-state index contributed by atoms with van der Waals surface area (Å²) in [5.41, 5.74) is 1.95. The van der Waals surface area contributed by atoms with Gasteiger partial charge in [0.15, 0.2) is 0 Å². The minimum atomic E-state index is -0.183. The lowest BCUT2D eigenvalue weighted by molar-refractivity contribution is 0.243. The molecule has 0 unspecified atom stereocenters. The summed E-state index contributed by atoms with van der Waals surface area (Å²) in [5, 5.41) is 9.52. The van der Waals surface area contributed by atoms with E-state index in [0.29, 0.717) is 17.9 Å². The fraction of sp³-hybridized carbons (Fsp3) is 0.500. The Balaban J connectivity index is 1.50. The maximum absolute atomic E-state index is 12.6. The summed E-state index contributed by atoms with van der Waals surface area (Å²) >= 11 is 7.16. The second kappa shape index (κ2) is 10.6. The van der Waals surface area contributed by atoms with E-state index in [1.54, 1.807) is 6.20 Å². The number of hydrogen-bond acceptors (Lipinski definition) is 5. The van der Waals surface area contributed by atoms with E-state index in [1.807, 2.05) is 25.1 Å². The molecule has 1 heterocycles. The Kier molecular flexibility index (Phi) is 8.16. The Labute approximate surface area is 201 Å². The molecule has 2 amide bonds. The Morgan fingerprint density at radius 2 is 1.71 bits per heavy atom. The van der Waals surface area contributed by atoms with Crippen molar-refractivity contribution in [3.63, 3.8) is 0 Å². The highest BCUT2D eigenvalue weighted by molar-refractivity contribution is 9.11. The van der Waals surface area contributed by atoms with Crippen molar-refractivity contribution in [3.05, 3.63) is 38.9 Å². The molecule has 9 heteroatoms. The van der Waals surface area contributed by atoms with Crippen molar-refractivity contribution in [2.45, 2.75) is 57.5 Å². The first kappa shape index (κ1) is 23.8. The number of urea groups is 1. The third-order valence-electron chi connectivity index (χ3n) is 5.46. The van der Waals surface area contributed by atoms with Crippen LogP contribution in [0.3, 0.4) is 0 Å². The minimum absolute atomic E-state index is 0.152. The average molecular weight is 554 g/mol. The molecule has 31 heavy (non-hydrogen) atoms. The molecule has 3 N–H and O–H groups in total. The molecule has 0 spiro atoms. The molecule has 1 fully saturated rings. The van der Waals surface area contributed by atoms with Gasteiger partial charge in [0, 0.05) is 41.3 Å². The number of amides is 2. The average Bonchev–Trinajstić information content (AvgIpc) is 2.72. The van der Waals surface area contributed by atoms with Gasteiger partial charge >= 0.3 is 6.03 Å². The Bertz CT molecular complexity index is 890. The third-order valence-corrected chi connectivity index (χ3v) is 6.72. The Morgan fingerprint density at radius 3 is 2.29 bits per heavy atom. The molecule has 1 saturated carbocycles. The SMILES string of the molecule is CC(C)c1cc(Br)c(NC(=O)N[C@H]2CC[C@@H](Nc3nccc(N(C)C)n3)CC2)c(Br)c1. The van der Waals surface area contributed by atoms with Gasteiger partial charge in [-0.1, -0.05) is 13.8 Å². The van der Waals surface area contributed by atoms with Crippen molar-refractivity contribution in [3.8, 4) is 0 Å². The number of carbonyl (C=O) groups is 1. The number of rotatable bonds is 6. The van der Waals surface area contributed by atoms with Crippen LogP contribution in [0.2, 0.25) is 0 Å². The zero-order valence-electron chi connectivity index (χ0n) is 18.4. The lowest BCUT2D eigenvalue weighted by atomic mass is 9.91. The first-order valence-electron chi connectivity index (χ1n) is 10.6. The molecule has 1 aromatic heterocycles. The van der Waals surface area contributed by atoms with Crippen molar-refractivity contribution in [2.24, 2.45) is 0 Å². The molecule has 2 aromatic rings. The van der Waals surface area contributed by atoms with E-state index >= 15 is 0 Å². The molecule has 7 nitrogen and oxygen atoms in total. The highest BCUT2D eigenvalue weighted by Gasteiger charge is 2.23. The number of nitrogens with zero attached hydrogens (tertiary/aromatic N) is 3. The monoisotopic (exact) mass is 552 g/mol. The highest BCUT2D eigenvalue weighted by atomic mass is 79.9. The summed E-state index contributed by atoms with van der Waals surface area (Å²) in [6.07, 6.45) is 5.50. The Hall–Kier alpha value is -1.87. The molecular weight excluding hydrogens is 524 g/mol. The van der Waals surface area contributed by atoms with E-state index in [4.69, 9.17) is 0 Å². The third kappa shape index (κ3) is 6.55. The molecule has 1 aliphatic rings. The van der Waals surface area contributed by atoms with E-state index in [-0.39, 0.29) is 12.1 Å². The predicted octanol–water partition coefficient (Wildman–Crippen LogP) is 5.74. The van der Waals surface area contributed by atoms with Crippen LogP contribution in [-0.4, -0.2) is 42.2 Å². The summed E-state index contributed by atoms with van der Waals surface area (Å²) in [7, 11) is 3.92. The lowest BCUT2D eigenvalue weighted by Gasteiger charge is -2.30. The molecule has 1 aliphatic carbocycles. The minimum Gasteiger partial charge on any atom is -0.363 e. The van der Waals surface area contributed by atoms with Gasteiger partial charge in [0.2, 0.25) is 5.95 Å². The zero-order chi connectivity index (χ0) is 22.5. The maximum atomic E-state index is 12.6. The van der Waals surface area contributed by atoms with Crippen LogP contribution in [-0.2, 0) is 0 Å². The van der Waals surface area contributed by atoms with Crippen molar-refractivity contribution in [1.82, 2.24) is 15.3 Å². The number of halogens is 2. The Morgan fingerprint density at radius 1 is 1.10 bits per heavy atom. The lowest BCUT2D eigenvalue weighted by Crippen LogP contribution is -2.42. The topological polar surface area (TPSA) is 82.2 Å². The van der Waals surface area contributed by atoms with Gasteiger partial charge in [-0.15, -0.1) is 0 Å². The highest BCUT2D eigenvalue weighted by Crippen LogP contribution is 2.34. The quantitative estimate of drug-likeness (QED) is 0.425. The van der Waals surface area contributed by atoms with E-state index < -0.39 is 0 Å². The second-order valence-electron chi connectivity index (χ2n) is 8.44. The van der Waals surface area contributed by atoms with Gasteiger partial charge in [-0.05, 0) is 87.2 Å². The maximum Gasteiger partial charge on any atom is 0.319 e. The summed E-state index contributed by atoms with van der Waals surface area (Å²) in [6.45, 7) is 4.29. The number of hydrogen-bond donors (Lipinski definition) is 3. The fourth-order valence-corrected chi connectivity index (χ4v) is 5.03. The van der Waals surface area contributed by atoms with Gasteiger partial charge in [-0.25, -0.2) is 9.78 Å². The molecule has 168 valence electrons. The van der Waals surface area contributed by atoms with E-state index in [0.717, 1.165) is 46.1 Å². The van der Waals surface area contributed by atoms with Crippen LogP contribution >= 0.6 is 31.9 Å². The van der Waals surface area contributed by atoms with Crippen LogP contribution in [0.5, 0.6) is 0 Å². The van der Waals surface area contributed by atoms with E-state index in [9.17, 15) is 4.79 Å². The van der Waals surface area contributed by atoms with E-state index in [1.165, 1.54) is 5.56 Å². The molecule has 0 radical (unpaired) electrons. The van der Waals surface area contributed by atoms with Crippen molar-refractivity contribution in [1.29, 1.82) is 0 Å². The van der Waals surface area contributed by atoms with Crippen LogP contribution in [0, 0.1) is 0 Å². The van der Waals surface area contributed by atoms with Gasteiger partial charge in [-0.2, -0.15) is 4.98 Å². The van der Waals surface area contributed by atoms with Crippen LogP contribution in [0.1, 0.15) is 51.0 Å². The number of anilines is 3. The van der Waals surface area contributed by atoms with Gasteiger partial charge in [-0.3, -0.25) is 0 Å². The summed E-state index contributed by atoms with van der Waals surface area (Å²) in [5.74, 6) is 1.94. The second-order valence-corrected chi connectivity index (χ2v) is 10.1. The summed E-state index contributed by atoms with van der Waals surface area (Å²) in [4.78, 5) is 23.4. The first-order valence-corrected chi connectivity index (χ1v) is 12.1. The molecule has 1 aromatic carbocycles. The molecule has 0 saturated heterocycles. The van der Waals surface area contributed by atoms with Gasteiger partial charge in [0.25, 0.3) is 0 Å². The van der Waals surface area contributed by atoms with Crippen LogP contribution in [0.25, 0.3) is 0 Å². The van der Waals surface area contributed by atoms with Crippen LogP contribution in [0.15, 0.2) is 33.3 Å². The fourth-order valence-electron chi connectivity index (χ4n) is 3.61. The normalized spacial score (nSPS) is 18.5. The summed E-state index contributed by atoms with van der Waals surface area (Å²) < 4.78 is 1.74. The zero-order valence-corrected chi connectivity index (χ0v) is 21.5. The molecule has 0 bridgehead atoms. The predicted molar refractivity (Wildman–Crippen MR) is 134 cm³/mol. The standard InChI is InChI=1S/C22H30Br2N6O/c1-13(2)14-11-17(23)20(18(24)12-14)29-22(31)27-16-7-5-15(6-8-16)26-21-25-10-9-19(28-21)30(3)4/h9-13,15-16H,5-8H2,1-4H3,(H,25,26,28)(H2,27,29,31)/t15-,16+. The van der Waals surface area contributed by atoms with Crippen LogP contribution < -0.4 is 20.9 Å². The van der Waals surface area contributed by atoms with Crippen molar-refractivity contribution in [2.75, 3.05) is 29.6 Å². The number of nitrogens with one attached hydrogen (secondary N) is 3. The number of aromatic nitrogens is 2. The molecule has 3 rings (SSSR count). The number of carbonyl (C=O) groups excluding carboxylic acids is 1. The number of benzene rings is 1. The largest absolute Gasteiger partial charge is 0.363 e. The molecule has 0 atom stereocenters. The molecule has 0 aliphatic heterocycles. The summed E-state index contributed by atoms with van der Waals surface area (Å²) in [6, 6.07) is 6.27. The van der Waals surface area contributed by atoms with E-state index in [2.05, 4.69) is 83.8 Å². The van der Waals surface area contributed by atoms with Gasteiger partial charge in [0.05, 0.1) is 5.69 Å². The smallest absolute Gasteiger partial charge is 0.319 e.